The van der Waals surface area contributed by atoms with Gasteiger partial charge in [-0.3, -0.25) is 9.59 Å². The van der Waals surface area contributed by atoms with Gasteiger partial charge in [-0.25, -0.2) is 0 Å². The van der Waals surface area contributed by atoms with E-state index in [1.807, 2.05) is 0 Å². The maximum atomic E-state index is 12.0. The topological polar surface area (TPSA) is 54.4 Å². The molecule has 0 radical (unpaired) electrons. The molecule has 0 heterocycles. The lowest BCUT2D eigenvalue weighted by molar-refractivity contribution is -0.157. The molecule has 1 N–H and O–H groups in total. The average molecular weight is 267 g/mol. The number of carboxylic acids is 1. The fourth-order valence-electron chi connectivity index (χ4n) is 2.53. The summed E-state index contributed by atoms with van der Waals surface area (Å²) in [5.74, 6) is -1.14. The molecule has 1 aliphatic rings. The van der Waals surface area contributed by atoms with Crippen LogP contribution < -0.4 is 0 Å². The number of carbonyl (C=O) groups is 2. The zero-order valence-electron chi connectivity index (χ0n) is 9.99. The second-order valence-corrected chi connectivity index (χ2v) is 5.26. The normalized spacial score (nSPS) is 23.9. The quantitative estimate of drug-likeness (QED) is 0.856. The fraction of sp³-hybridized carbons (Fsp3) is 0.429. The van der Waals surface area contributed by atoms with Crippen LogP contribution in [-0.4, -0.2) is 16.9 Å². The Morgan fingerprint density at radius 2 is 1.94 bits per heavy atom. The summed E-state index contributed by atoms with van der Waals surface area (Å²) in [5.41, 5.74) is -0.386. The van der Waals surface area contributed by atoms with Crippen molar-refractivity contribution in [2.24, 2.45) is 5.41 Å². The standard InChI is InChI=1S/C14H15ClO3/c15-11-6-4-10(5-7-11)9-14(13(17)18)8-2-1-3-12(14)16/h4-7H,1-3,8-9H2,(H,17,18). The molecule has 0 spiro atoms. The molecule has 0 amide bonds. The van der Waals surface area contributed by atoms with Crippen molar-refractivity contribution in [3.8, 4) is 0 Å². The third-order valence-electron chi connectivity index (χ3n) is 3.62. The van der Waals surface area contributed by atoms with Crippen LogP contribution in [0.15, 0.2) is 24.3 Å². The van der Waals surface area contributed by atoms with Crippen molar-refractivity contribution in [3.05, 3.63) is 34.9 Å². The van der Waals surface area contributed by atoms with Crippen LogP contribution in [0.25, 0.3) is 0 Å². The Kier molecular flexibility index (Phi) is 3.71. The first kappa shape index (κ1) is 13.1. The number of carboxylic acid groups (broad SMARTS) is 1. The van der Waals surface area contributed by atoms with E-state index in [0.717, 1.165) is 18.4 Å². The molecule has 3 nitrogen and oxygen atoms in total. The van der Waals surface area contributed by atoms with Gasteiger partial charge < -0.3 is 5.11 Å². The molecule has 1 fully saturated rings. The molecule has 1 aliphatic carbocycles. The minimum atomic E-state index is -1.23. The second-order valence-electron chi connectivity index (χ2n) is 4.82. The molecule has 4 heteroatoms. The van der Waals surface area contributed by atoms with E-state index in [9.17, 15) is 14.7 Å². The number of benzene rings is 1. The summed E-state index contributed by atoms with van der Waals surface area (Å²) < 4.78 is 0. The van der Waals surface area contributed by atoms with Crippen molar-refractivity contribution in [3.63, 3.8) is 0 Å². The van der Waals surface area contributed by atoms with Crippen LogP contribution >= 0.6 is 11.6 Å². The lowest BCUT2D eigenvalue weighted by Crippen LogP contribution is -2.43. The van der Waals surface area contributed by atoms with E-state index in [2.05, 4.69) is 0 Å². The number of ketones is 1. The van der Waals surface area contributed by atoms with Crippen molar-refractivity contribution in [1.29, 1.82) is 0 Å². The van der Waals surface area contributed by atoms with Gasteiger partial charge in [0, 0.05) is 11.4 Å². The highest BCUT2D eigenvalue weighted by Crippen LogP contribution is 2.37. The lowest BCUT2D eigenvalue weighted by Gasteiger charge is -2.31. The molecule has 1 saturated carbocycles. The molecule has 0 aliphatic heterocycles. The van der Waals surface area contributed by atoms with Crippen LogP contribution in [0.4, 0.5) is 0 Å². The Balaban J connectivity index is 2.28. The van der Waals surface area contributed by atoms with Crippen LogP contribution in [0, 0.1) is 5.41 Å². The average Bonchev–Trinajstić information content (AvgIpc) is 2.35. The van der Waals surface area contributed by atoms with Gasteiger partial charge >= 0.3 is 5.97 Å². The molecule has 1 unspecified atom stereocenters. The summed E-state index contributed by atoms with van der Waals surface area (Å²) in [6.07, 6.45) is 2.67. The fourth-order valence-corrected chi connectivity index (χ4v) is 2.66. The molecule has 1 atom stereocenters. The number of rotatable bonds is 3. The highest BCUT2D eigenvalue weighted by molar-refractivity contribution is 6.30. The van der Waals surface area contributed by atoms with Gasteiger partial charge in [-0.1, -0.05) is 30.2 Å². The van der Waals surface area contributed by atoms with E-state index in [0.29, 0.717) is 17.9 Å². The SMILES string of the molecule is O=C(O)C1(Cc2ccc(Cl)cc2)CCCCC1=O. The van der Waals surface area contributed by atoms with Gasteiger partial charge in [0.25, 0.3) is 0 Å². The first-order valence-corrected chi connectivity index (χ1v) is 6.43. The Bertz CT molecular complexity index is 466. The van der Waals surface area contributed by atoms with Crippen LogP contribution in [0.5, 0.6) is 0 Å². The van der Waals surface area contributed by atoms with Crippen LogP contribution in [0.1, 0.15) is 31.2 Å². The zero-order valence-corrected chi connectivity index (χ0v) is 10.7. The van der Waals surface area contributed by atoms with Crippen molar-refractivity contribution in [2.75, 3.05) is 0 Å². The van der Waals surface area contributed by atoms with E-state index in [-0.39, 0.29) is 12.2 Å². The third kappa shape index (κ3) is 2.41. The summed E-state index contributed by atoms with van der Waals surface area (Å²) in [6, 6.07) is 7.02. The molecule has 2 rings (SSSR count). The first-order valence-electron chi connectivity index (χ1n) is 6.06. The van der Waals surface area contributed by atoms with E-state index >= 15 is 0 Å². The monoisotopic (exact) mass is 266 g/mol. The Morgan fingerprint density at radius 3 is 2.50 bits per heavy atom. The van der Waals surface area contributed by atoms with Crippen molar-refractivity contribution < 1.29 is 14.7 Å². The predicted molar refractivity (Wildman–Crippen MR) is 68.7 cm³/mol. The van der Waals surface area contributed by atoms with Crippen molar-refractivity contribution in [1.82, 2.24) is 0 Å². The molecule has 1 aromatic rings. The molecule has 18 heavy (non-hydrogen) atoms. The van der Waals surface area contributed by atoms with Crippen LogP contribution in [-0.2, 0) is 16.0 Å². The van der Waals surface area contributed by atoms with E-state index in [1.165, 1.54) is 0 Å². The highest BCUT2D eigenvalue weighted by atomic mass is 35.5. The largest absolute Gasteiger partial charge is 0.480 e. The van der Waals surface area contributed by atoms with Gasteiger partial charge in [0.2, 0.25) is 0 Å². The van der Waals surface area contributed by atoms with E-state index in [1.54, 1.807) is 24.3 Å². The van der Waals surface area contributed by atoms with Crippen molar-refractivity contribution >= 4 is 23.4 Å². The van der Waals surface area contributed by atoms with Crippen molar-refractivity contribution in [2.45, 2.75) is 32.1 Å². The van der Waals surface area contributed by atoms with Gasteiger partial charge in [0.15, 0.2) is 5.78 Å². The summed E-state index contributed by atoms with van der Waals surface area (Å²) in [7, 11) is 0. The first-order chi connectivity index (χ1) is 8.54. The summed E-state index contributed by atoms with van der Waals surface area (Å²) in [5, 5.41) is 10.0. The molecule has 0 saturated heterocycles. The number of hydrogen-bond acceptors (Lipinski definition) is 2. The summed E-state index contributed by atoms with van der Waals surface area (Å²) in [4.78, 5) is 23.5. The molecular formula is C14H15ClO3. The Hall–Kier alpha value is -1.35. The molecule has 0 aromatic heterocycles. The predicted octanol–water partition coefficient (Wildman–Crippen LogP) is 3.10. The highest BCUT2D eigenvalue weighted by Gasteiger charge is 2.46. The number of Topliss-reactive ketones (excluding diaryl/α,β-unsaturated/α-hetero) is 1. The van der Waals surface area contributed by atoms with Gasteiger partial charge in [-0.2, -0.15) is 0 Å². The third-order valence-corrected chi connectivity index (χ3v) is 3.87. The minimum Gasteiger partial charge on any atom is -0.480 e. The molecule has 96 valence electrons. The van der Waals surface area contributed by atoms with Crippen LogP contribution in [0.3, 0.4) is 0 Å². The van der Waals surface area contributed by atoms with Gasteiger partial charge in [-0.05, 0) is 37.0 Å². The van der Waals surface area contributed by atoms with Gasteiger partial charge in [0.05, 0.1) is 0 Å². The maximum Gasteiger partial charge on any atom is 0.317 e. The summed E-state index contributed by atoms with van der Waals surface area (Å²) >= 11 is 5.80. The smallest absolute Gasteiger partial charge is 0.317 e. The summed E-state index contributed by atoms with van der Waals surface area (Å²) in [6.45, 7) is 0. The number of carbonyl (C=O) groups excluding carboxylic acids is 1. The minimum absolute atomic E-state index is 0.142. The lowest BCUT2D eigenvalue weighted by atomic mass is 9.69. The van der Waals surface area contributed by atoms with Crippen LogP contribution in [0.2, 0.25) is 5.02 Å². The number of hydrogen-bond donors (Lipinski definition) is 1. The van der Waals surface area contributed by atoms with Gasteiger partial charge in [0.1, 0.15) is 5.41 Å². The zero-order chi connectivity index (χ0) is 13.2. The molecular weight excluding hydrogens is 252 g/mol. The van der Waals surface area contributed by atoms with Gasteiger partial charge in [-0.15, -0.1) is 0 Å². The second kappa shape index (κ2) is 5.11. The Labute approximate surface area is 111 Å². The molecule has 0 bridgehead atoms. The van der Waals surface area contributed by atoms with E-state index < -0.39 is 11.4 Å². The van der Waals surface area contributed by atoms with E-state index in [4.69, 9.17) is 11.6 Å². The number of aliphatic carboxylic acids is 1. The number of halogens is 1. The Morgan fingerprint density at radius 1 is 1.28 bits per heavy atom. The maximum absolute atomic E-state index is 12.0. The molecule has 1 aromatic carbocycles.